The number of nitro groups is 1. The molecule has 0 saturated carbocycles. The van der Waals surface area contributed by atoms with Gasteiger partial charge in [-0.05, 0) is 58.3 Å². The second kappa shape index (κ2) is 13.8. The molecule has 0 aliphatic carbocycles. The predicted molar refractivity (Wildman–Crippen MR) is 179 cm³/mol. The van der Waals surface area contributed by atoms with Gasteiger partial charge >= 0.3 is 12.1 Å². The third-order valence-corrected chi connectivity index (χ3v) is 7.54. The number of carbonyl (C=O) groups is 2. The van der Waals surface area contributed by atoms with Gasteiger partial charge in [-0.3, -0.25) is 14.7 Å². The van der Waals surface area contributed by atoms with Crippen molar-refractivity contribution in [3.8, 4) is 34.3 Å². The summed E-state index contributed by atoms with van der Waals surface area (Å²) in [6.45, 7) is 5.25. The van der Waals surface area contributed by atoms with Crippen molar-refractivity contribution in [3.63, 3.8) is 0 Å². The summed E-state index contributed by atoms with van der Waals surface area (Å²) in [5.74, 6) is -1.87. The van der Waals surface area contributed by atoms with Gasteiger partial charge in [0.1, 0.15) is 5.75 Å². The minimum atomic E-state index is -1.75. The van der Waals surface area contributed by atoms with Crippen LogP contribution in [0.25, 0.3) is 33.5 Å². The molecule has 6 rings (SSSR count). The first-order chi connectivity index (χ1) is 24.0. The van der Waals surface area contributed by atoms with Crippen molar-refractivity contribution >= 4 is 28.8 Å². The highest BCUT2D eigenvalue weighted by Crippen LogP contribution is 2.32. The van der Waals surface area contributed by atoms with E-state index in [9.17, 15) is 19.7 Å². The third kappa shape index (κ3) is 7.11. The normalized spacial score (nSPS) is 11.3. The number of nitrogens with zero attached hydrogens (tertiary/aromatic N) is 7. The molecule has 15 heteroatoms. The minimum Gasteiger partial charge on any atom is -0.465 e. The topological polar surface area (TPSA) is 176 Å². The van der Waals surface area contributed by atoms with E-state index in [4.69, 9.17) is 18.9 Å². The Hall–Kier alpha value is -6.64. The van der Waals surface area contributed by atoms with Crippen LogP contribution in [0, 0.1) is 10.1 Å². The van der Waals surface area contributed by atoms with Crippen LogP contribution in [0.15, 0.2) is 91.0 Å². The molecule has 15 nitrogen and oxygen atoms in total. The van der Waals surface area contributed by atoms with Crippen molar-refractivity contribution in [2.75, 3.05) is 6.61 Å². The fourth-order valence-corrected chi connectivity index (χ4v) is 5.33. The van der Waals surface area contributed by atoms with Gasteiger partial charge in [0, 0.05) is 38.6 Å². The van der Waals surface area contributed by atoms with Gasteiger partial charge in [0.05, 0.1) is 34.7 Å². The summed E-state index contributed by atoms with van der Waals surface area (Å²) in [5.41, 5.74) is 4.70. The van der Waals surface area contributed by atoms with Gasteiger partial charge in [-0.1, -0.05) is 54.6 Å². The fraction of sp³-hybridized carbons (Fsp3) is 0.200. The van der Waals surface area contributed by atoms with Gasteiger partial charge in [0.15, 0.2) is 5.82 Å². The molecule has 2 heterocycles. The summed E-state index contributed by atoms with van der Waals surface area (Å²) in [6.07, 6.45) is -1.17. The molecule has 0 aliphatic rings. The molecule has 0 unspecified atom stereocenters. The Morgan fingerprint density at radius 3 is 2.28 bits per heavy atom. The number of carbonyl (C=O) groups excluding carboxylic acids is 2. The number of ether oxygens (including phenoxy) is 4. The number of aromatic nitrogens is 6. The van der Waals surface area contributed by atoms with Gasteiger partial charge in [-0.15, -0.1) is 5.10 Å². The standard InChI is InChI=1S/C35H31N7O8/c1-5-47-33-36-29-12-8-11-28(32(43)49-35(2,3)50-34(44)48-25-19-17-24(18-20-25)42(45)46)30(29)41(33)21-22-13-15-23(16-14-22)26-9-6-7-10-27(26)31-37-38-39-40(31)4/h6-20H,5,21H2,1-4H3. The molecule has 0 fully saturated rings. The van der Waals surface area contributed by atoms with E-state index in [1.165, 1.54) is 38.1 Å². The van der Waals surface area contributed by atoms with Gasteiger partial charge in [0.25, 0.3) is 17.5 Å². The number of fused-ring (bicyclic) bond motifs is 1. The lowest BCUT2D eigenvalue weighted by atomic mass is 9.98. The number of nitro benzene ring substituents is 1. The second-order valence-electron chi connectivity index (χ2n) is 11.4. The fourth-order valence-electron chi connectivity index (χ4n) is 5.33. The second-order valence-corrected chi connectivity index (χ2v) is 11.4. The Labute approximate surface area is 285 Å². The van der Waals surface area contributed by atoms with Crippen LogP contribution >= 0.6 is 0 Å². The lowest BCUT2D eigenvalue weighted by Gasteiger charge is -2.24. The monoisotopic (exact) mass is 677 g/mol. The van der Waals surface area contributed by atoms with Gasteiger partial charge in [-0.2, -0.15) is 4.98 Å². The molecule has 0 atom stereocenters. The summed E-state index contributed by atoms with van der Waals surface area (Å²) in [5, 5.41) is 22.8. The largest absolute Gasteiger partial charge is 0.517 e. The Kier molecular flexibility index (Phi) is 9.21. The maximum Gasteiger partial charge on any atom is 0.517 e. The lowest BCUT2D eigenvalue weighted by Crippen LogP contribution is -2.35. The number of non-ortho nitro benzene ring substituents is 1. The molecule has 0 aliphatic heterocycles. The Morgan fingerprint density at radius 2 is 1.62 bits per heavy atom. The van der Waals surface area contributed by atoms with E-state index in [1.54, 1.807) is 34.5 Å². The van der Waals surface area contributed by atoms with Crippen molar-refractivity contribution in [3.05, 3.63) is 112 Å². The highest BCUT2D eigenvalue weighted by Gasteiger charge is 2.31. The Balaban J connectivity index is 1.23. The van der Waals surface area contributed by atoms with Crippen molar-refractivity contribution < 1.29 is 33.5 Å². The number of benzene rings is 4. The van der Waals surface area contributed by atoms with Crippen LogP contribution in [0.1, 0.15) is 36.7 Å². The molecular formula is C35H31N7O8. The number of aryl methyl sites for hydroxylation is 1. The molecule has 50 heavy (non-hydrogen) atoms. The molecule has 0 spiro atoms. The lowest BCUT2D eigenvalue weighted by molar-refractivity contribution is -0.384. The van der Waals surface area contributed by atoms with Crippen molar-refractivity contribution in [2.24, 2.45) is 7.05 Å². The van der Waals surface area contributed by atoms with Crippen LogP contribution in [-0.2, 0) is 23.1 Å². The van der Waals surface area contributed by atoms with Crippen LogP contribution in [0.4, 0.5) is 10.5 Å². The molecule has 4 aromatic carbocycles. The summed E-state index contributed by atoms with van der Waals surface area (Å²) in [6, 6.07) is 26.0. The van der Waals surface area contributed by atoms with Crippen LogP contribution < -0.4 is 9.47 Å². The Morgan fingerprint density at radius 1 is 0.900 bits per heavy atom. The van der Waals surface area contributed by atoms with E-state index in [2.05, 4.69) is 20.5 Å². The average molecular weight is 678 g/mol. The molecule has 2 aromatic heterocycles. The van der Waals surface area contributed by atoms with E-state index in [-0.39, 0.29) is 17.0 Å². The molecule has 0 amide bonds. The number of hydrogen-bond acceptors (Lipinski definition) is 12. The van der Waals surface area contributed by atoms with Gasteiger partial charge in [0.2, 0.25) is 0 Å². The molecule has 0 radical (unpaired) electrons. The average Bonchev–Trinajstić information content (AvgIpc) is 3.67. The zero-order valence-corrected chi connectivity index (χ0v) is 27.5. The first kappa shape index (κ1) is 33.3. The van der Waals surface area contributed by atoms with E-state index in [1.807, 2.05) is 55.5 Å². The summed E-state index contributed by atoms with van der Waals surface area (Å²) in [7, 11) is 1.79. The summed E-state index contributed by atoms with van der Waals surface area (Å²) in [4.78, 5) is 41.1. The number of tetrazole rings is 1. The van der Waals surface area contributed by atoms with E-state index >= 15 is 0 Å². The smallest absolute Gasteiger partial charge is 0.465 e. The summed E-state index contributed by atoms with van der Waals surface area (Å²) >= 11 is 0. The zero-order chi connectivity index (χ0) is 35.4. The first-order valence-electron chi connectivity index (χ1n) is 15.4. The number of imidazole rings is 1. The van der Waals surface area contributed by atoms with Gasteiger partial charge in [-0.25, -0.2) is 14.3 Å². The van der Waals surface area contributed by atoms with E-state index < -0.39 is 22.8 Å². The SMILES string of the molecule is CCOc1nc2cccc(C(=O)OC(C)(C)OC(=O)Oc3ccc([N+](=O)[O-])cc3)c2n1Cc1ccc(-c2ccccc2-c2nnnn2C)cc1. The number of esters is 1. The molecule has 0 N–H and O–H groups in total. The van der Waals surface area contributed by atoms with Crippen LogP contribution in [-0.4, -0.2) is 59.2 Å². The number of para-hydroxylation sites is 1. The third-order valence-electron chi connectivity index (χ3n) is 7.54. The molecular weight excluding hydrogens is 646 g/mol. The Bertz CT molecular complexity index is 2190. The maximum absolute atomic E-state index is 13.6. The van der Waals surface area contributed by atoms with Crippen LogP contribution in [0.5, 0.6) is 11.8 Å². The number of hydrogen-bond donors (Lipinski definition) is 0. The van der Waals surface area contributed by atoms with Crippen molar-refractivity contribution in [1.82, 2.24) is 29.8 Å². The highest BCUT2D eigenvalue weighted by molar-refractivity contribution is 6.02. The first-order valence-corrected chi connectivity index (χ1v) is 15.4. The van der Waals surface area contributed by atoms with E-state index in [0.29, 0.717) is 36.0 Å². The van der Waals surface area contributed by atoms with Crippen molar-refractivity contribution in [2.45, 2.75) is 33.1 Å². The predicted octanol–water partition coefficient (Wildman–Crippen LogP) is 6.36. The molecule has 0 saturated heterocycles. The van der Waals surface area contributed by atoms with E-state index in [0.717, 1.165) is 22.3 Å². The maximum atomic E-state index is 13.6. The number of rotatable bonds is 11. The molecule has 254 valence electrons. The summed E-state index contributed by atoms with van der Waals surface area (Å²) < 4.78 is 25.3. The van der Waals surface area contributed by atoms with Crippen LogP contribution in [0.2, 0.25) is 0 Å². The zero-order valence-electron chi connectivity index (χ0n) is 27.5. The molecule has 0 bridgehead atoms. The highest BCUT2D eigenvalue weighted by atomic mass is 16.8. The molecule has 6 aromatic rings. The van der Waals surface area contributed by atoms with Crippen LogP contribution in [0.3, 0.4) is 0 Å². The van der Waals surface area contributed by atoms with Gasteiger partial charge < -0.3 is 18.9 Å². The quantitative estimate of drug-likeness (QED) is 0.0488. The van der Waals surface area contributed by atoms with Crippen molar-refractivity contribution in [1.29, 1.82) is 0 Å². The minimum absolute atomic E-state index is 0.0137.